The van der Waals surface area contributed by atoms with E-state index in [1.807, 2.05) is 41.3 Å². The molecule has 1 aromatic heterocycles. The fourth-order valence-corrected chi connectivity index (χ4v) is 6.18. The molecule has 5 rings (SSSR count). The monoisotopic (exact) mass is 520 g/mol. The first kappa shape index (κ1) is 25.7. The number of hydrogen-bond donors (Lipinski definition) is 1. The Morgan fingerprint density at radius 3 is 2.68 bits per heavy atom. The Morgan fingerprint density at radius 2 is 1.86 bits per heavy atom. The molecule has 2 fully saturated rings. The van der Waals surface area contributed by atoms with E-state index in [0.717, 1.165) is 80.8 Å². The normalized spacial score (nSPS) is 20.1. The van der Waals surface area contributed by atoms with Gasteiger partial charge in [0.15, 0.2) is 0 Å². The first-order valence-corrected chi connectivity index (χ1v) is 14.2. The number of amides is 1. The van der Waals surface area contributed by atoms with E-state index in [1.54, 1.807) is 18.9 Å². The zero-order valence-electron chi connectivity index (χ0n) is 21.5. The lowest BCUT2D eigenvalue weighted by Gasteiger charge is -2.38. The molecule has 2 aliphatic rings. The van der Waals surface area contributed by atoms with E-state index in [4.69, 9.17) is 9.26 Å². The van der Waals surface area contributed by atoms with E-state index in [0.29, 0.717) is 18.3 Å². The summed E-state index contributed by atoms with van der Waals surface area (Å²) in [6.07, 6.45) is 2.47. The lowest BCUT2D eigenvalue weighted by molar-refractivity contribution is -0.133. The maximum Gasteiger partial charge on any atom is 0.222 e. The summed E-state index contributed by atoms with van der Waals surface area (Å²) >= 11 is 1.75. The Kier molecular flexibility index (Phi) is 8.68. The van der Waals surface area contributed by atoms with Gasteiger partial charge in [-0.15, -0.1) is 11.8 Å². The number of thioether (sulfide) groups is 1. The summed E-state index contributed by atoms with van der Waals surface area (Å²) in [5, 5.41) is 7.87. The molecule has 2 saturated heterocycles. The van der Waals surface area contributed by atoms with Gasteiger partial charge in [-0.05, 0) is 62.0 Å². The van der Waals surface area contributed by atoms with Gasteiger partial charge in [0.25, 0.3) is 0 Å². The van der Waals surface area contributed by atoms with Gasteiger partial charge in [0.2, 0.25) is 5.91 Å². The number of nitrogens with one attached hydrogen (secondary N) is 1. The second-order valence-corrected chi connectivity index (χ2v) is 10.9. The number of rotatable bonds is 9. The number of benzene rings is 2. The van der Waals surface area contributed by atoms with Crippen molar-refractivity contribution in [1.29, 1.82) is 0 Å². The Morgan fingerprint density at radius 1 is 1.08 bits per heavy atom. The Bertz CT molecular complexity index is 1150. The maximum absolute atomic E-state index is 13.3. The molecule has 2 atom stereocenters. The van der Waals surface area contributed by atoms with Crippen LogP contribution in [0.25, 0.3) is 0 Å². The third kappa shape index (κ3) is 6.67. The predicted molar refractivity (Wildman–Crippen MR) is 147 cm³/mol. The summed E-state index contributed by atoms with van der Waals surface area (Å²) in [7, 11) is 1.71. The van der Waals surface area contributed by atoms with Crippen LogP contribution < -0.4 is 15.0 Å². The van der Waals surface area contributed by atoms with Crippen molar-refractivity contribution in [3.8, 4) is 5.75 Å². The van der Waals surface area contributed by atoms with Crippen LogP contribution in [0.5, 0.6) is 5.75 Å². The zero-order chi connectivity index (χ0) is 25.5. The molecular weight excluding hydrogens is 484 g/mol. The molecule has 3 heterocycles. The Balaban J connectivity index is 1.12. The molecular formula is C29H36N4O3S. The molecule has 0 bridgehead atoms. The largest absolute Gasteiger partial charge is 0.495 e. The summed E-state index contributed by atoms with van der Waals surface area (Å²) in [5.41, 5.74) is 2.09. The molecule has 1 N–H and O–H groups in total. The highest BCUT2D eigenvalue weighted by atomic mass is 32.2. The number of anilines is 1. The van der Waals surface area contributed by atoms with Gasteiger partial charge in [0.05, 0.1) is 24.2 Å². The third-order valence-corrected chi connectivity index (χ3v) is 8.50. The van der Waals surface area contributed by atoms with Crippen molar-refractivity contribution in [3.05, 3.63) is 72.1 Å². The van der Waals surface area contributed by atoms with Crippen molar-refractivity contribution in [3.63, 3.8) is 0 Å². The number of carbonyl (C=O) groups excluding carboxylic acids is 1. The number of aromatic nitrogens is 1. The first-order chi connectivity index (χ1) is 18.2. The Labute approximate surface area is 223 Å². The zero-order valence-corrected chi connectivity index (χ0v) is 22.3. The number of para-hydroxylation sites is 2. The molecule has 2 unspecified atom stereocenters. The topological polar surface area (TPSA) is 70.8 Å². The lowest BCUT2D eigenvalue weighted by atomic mass is 9.81. The van der Waals surface area contributed by atoms with Crippen LogP contribution in [0.15, 0.2) is 70.1 Å². The fourth-order valence-electron chi connectivity index (χ4n) is 5.39. The van der Waals surface area contributed by atoms with Gasteiger partial charge in [0, 0.05) is 43.6 Å². The van der Waals surface area contributed by atoms with Crippen LogP contribution >= 0.6 is 11.8 Å². The molecule has 37 heavy (non-hydrogen) atoms. The number of piperidine rings is 1. The van der Waals surface area contributed by atoms with Crippen LogP contribution in [0.3, 0.4) is 0 Å². The smallest absolute Gasteiger partial charge is 0.222 e. The van der Waals surface area contributed by atoms with Crippen LogP contribution in [-0.2, 0) is 17.0 Å². The van der Waals surface area contributed by atoms with Crippen molar-refractivity contribution in [2.75, 3.05) is 51.3 Å². The number of piperazine rings is 1. The molecule has 196 valence electrons. The second-order valence-electron chi connectivity index (χ2n) is 9.85. The van der Waals surface area contributed by atoms with Gasteiger partial charge < -0.3 is 24.4 Å². The summed E-state index contributed by atoms with van der Waals surface area (Å²) in [6, 6.07) is 20.5. The first-order valence-electron chi connectivity index (χ1n) is 13.2. The second kappa shape index (κ2) is 12.5. The van der Waals surface area contributed by atoms with E-state index in [2.05, 4.69) is 39.6 Å². The van der Waals surface area contributed by atoms with Gasteiger partial charge in [-0.3, -0.25) is 4.79 Å². The van der Waals surface area contributed by atoms with Crippen molar-refractivity contribution >= 4 is 23.4 Å². The highest BCUT2D eigenvalue weighted by molar-refractivity contribution is 7.98. The SMILES string of the molecule is COc1ccccc1N1CCN(C(=O)CC2CCNCC2Cc2cc(CSc3ccccc3)on2)CC1. The Hall–Kier alpha value is -2.97. The maximum atomic E-state index is 13.3. The van der Waals surface area contributed by atoms with E-state index >= 15 is 0 Å². The minimum Gasteiger partial charge on any atom is -0.495 e. The van der Waals surface area contributed by atoms with E-state index in [-0.39, 0.29) is 5.91 Å². The standard InChI is InChI=1S/C29H36N4O3S/c1-35-28-10-6-5-9-27(28)32-13-15-33(16-14-32)29(34)18-22-11-12-30-20-23(22)17-24-19-25(36-31-24)21-37-26-7-3-2-4-8-26/h2-10,19,22-23,30H,11-18,20-21H2,1H3. The van der Waals surface area contributed by atoms with Crippen LogP contribution in [0.1, 0.15) is 24.3 Å². The van der Waals surface area contributed by atoms with Crippen LogP contribution in [0.4, 0.5) is 5.69 Å². The number of hydrogen-bond acceptors (Lipinski definition) is 7. The van der Waals surface area contributed by atoms with Gasteiger partial charge in [-0.2, -0.15) is 0 Å². The lowest BCUT2D eigenvalue weighted by Crippen LogP contribution is -2.50. The molecule has 1 amide bonds. The molecule has 0 spiro atoms. The number of methoxy groups -OCH3 is 1. The van der Waals surface area contributed by atoms with Crippen LogP contribution in [0, 0.1) is 11.8 Å². The molecule has 0 aliphatic carbocycles. The fraction of sp³-hybridized carbons (Fsp3) is 0.448. The molecule has 2 aromatic carbocycles. The quantitative estimate of drug-likeness (QED) is 0.417. The van der Waals surface area contributed by atoms with Crippen molar-refractivity contribution in [2.24, 2.45) is 11.8 Å². The number of ether oxygens (including phenoxy) is 1. The number of nitrogens with zero attached hydrogens (tertiary/aromatic N) is 3. The minimum absolute atomic E-state index is 0.275. The van der Waals surface area contributed by atoms with Gasteiger partial charge in [-0.1, -0.05) is 35.5 Å². The van der Waals surface area contributed by atoms with Crippen molar-refractivity contribution in [2.45, 2.75) is 29.9 Å². The average molecular weight is 521 g/mol. The summed E-state index contributed by atoms with van der Waals surface area (Å²) < 4.78 is 11.2. The van der Waals surface area contributed by atoms with Gasteiger partial charge in [-0.25, -0.2) is 0 Å². The van der Waals surface area contributed by atoms with Crippen molar-refractivity contribution < 1.29 is 14.1 Å². The van der Waals surface area contributed by atoms with E-state index < -0.39 is 0 Å². The van der Waals surface area contributed by atoms with Crippen LogP contribution in [-0.4, -0.2) is 62.3 Å². The van der Waals surface area contributed by atoms with Gasteiger partial charge in [0.1, 0.15) is 11.5 Å². The summed E-state index contributed by atoms with van der Waals surface area (Å²) in [5.74, 6) is 3.56. The predicted octanol–water partition coefficient (Wildman–Crippen LogP) is 4.48. The molecule has 2 aliphatic heterocycles. The van der Waals surface area contributed by atoms with Crippen molar-refractivity contribution in [1.82, 2.24) is 15.4 Å². The molecule has 8 heteroatoms. The number of carbonyl (C=O) groups is 1. The third-order valence-electron chi connectivity index (χ3n) is 7.46. The summed E-state index contributed by atoms with van der Waals surface area (Å²) in [4.78, 5) is 18.9. The average Bonchev–Trinajstić information content (AvgIpc) is 3.41. The van der Waals surface area contributed by atoms with Gasteiger partial charge >= 0.3 is 0 Å². The van der Waals surface area contributed by atoms with Crippen LogP contribution in [0.2, 0.25) is 0 Å². The molecule has 3 aromatic rings. The summed E-state index contributed by atoms with van der Waals surface area (Å²) in [6.45, 7) is 5.03. The van der Waals surface area contributed by atoms with E-state index in [1.165, 1.54) is 4.90 Å². The molecule has 7 nitrogen and oxygen atoms in total. The molecule has 0 radical (unpaired) electrons. The highest BCUT2D eigenvalue weighted by Gasteiger charge is 2.31. The van der Waals surface area contributed by atoms with E-state index in [9.17, 15) is 4.79 Å². The molecule has 0 saturated carbocycles. The highest BCUT2D eigenvalue weighted by Crippen LogP contribution is 2.30. The minimum atomic E-state index is 0.275.